The van der Waals surface area contributed by atoms with Gasteiger partial charge >= 0.3 is 5.97 Å². The van der Waals surface area contributed by atoms with Crippen molar-refractivity contribution in [1.29, 1.82) is 0 Å². The average molecular weight is 268 g/mol. The van der Waals surface area contributed by atoms with Gasteiger partial charge in [0.15, 0.2) is 0 Å². The number of carbonyl (C=O) groups is 1. The molecule has 5 heteroatoms. The van der Waals surface area contributed by atoms with E-state index in [1.165, 1.54) is 11.3 Å². The molecule has 2 aromatic rings. The Morgan fingerprint density at radius 1 is 1.47 bits per heavy atom. The van der Waals surface area contributed by atoms with Crippen LogP contribution in [-0.2, 0) is 11.2 Å². The number of hydrogen-bond acceptors (Lipinski definition) is 3. The number of carboxylic acids is 1. The van der Waals surface area contributed by atoms with E-state index >= 15 is 0 Å². The zero-order valence-electron chi connectivity index (χ0n) is 9.11. The van der Waals surface area contributed by atoms with Gasteiger partial charge in [-0.25, -0.2) is 4.98 Å². The Hall–Kier alpha value is -1.39. The van der Waals surface area contributed by atoms with Gasteiger partial charge in [0.05, 0.1) is 12.1 Å². The van der Waals surface area contributed by atoms with Gasteiger partial charge in [-0.15, -0.1) is 11.3 Å². The molecule has 0 aliphatic carbocycles. The lowest BCUT2D eigenvalue weighted by molar-refractivity contribution is -0.136. The van der Waals surface area contributed by atoms with E-state index in [2.05, 4.69) is 4.98 Å². The largest absolute Gasteiger partial charge is 0.481 e. The highest BCUT2D eigenvalue weighted by Gasteiger charge is 2.14. The second-order valence-electron chi connectivity index (χ2n) is 3.62. The van der Waals surface area contributed by atoms with Crippen LogP contribution in [0.25, 0.3) is 10.6 Å². The third-order valence-electron chi connectivity index (χ3n) is 2.34. The molecule has 1 N–H and O–H groups in total. The Morgan fingerprint density at radius 3 is 2.82 bits per heavy atom. The first kappa shape index (κ1) is 12.1. The molecule has 0 aliphatic rings. The molecule has 0 spiro atoms. The molecule has 0 radical (unpaired) electrons. The maximum Gasteiger partial charge on any atom is 0.309 e. The fourth-order valence-electron chi connectivity index (χ4n) is 1.51. The maximum absolute atomic E-state index is 10.6. The van der Waals surface area contributed by atoms with Gasteiger partial charge in [0.25, 0.3) is 0 Å². The van der Waals surface area contributed by atoms with Crippen LogP contribution < -0.4 is 0 Å². The Balaban J connectivity index is 2.41. The molecular weight excluding hydrogens is 258 g/mol. The third kappa shape index (κ3) is 2.65. The minimum atomic E-state index is -0.923. The fraction of sp³-hybridized carbons (Fsp3) is 0.167. The molecule has 0 saturated heterocycles. The lowest BCUT2D eigenvalue weighted by atomic mass is 10.1. The van der Waals surface area contributed by atoms with Gasteiger partial charge in [0.2, 0.25) is 0 Å². The van der Waals surface area contributed by atoms with Gasteiger partial charge < -0.3 is 5.11 Å². The second kappa shape index (κ2) is 4.85. The Labute approximate surface area is 108 Å². The molecule has 1 heterocycles. The van der Waals surface area contributed by atoms with E-state index in [-0.39, 0.29) is 6.42 Å². The molecular formula is C12H10ClNO2S. The average Bonchev–Trinajstić information content (AvgIpc) is 2.60. The molecule has 0 bridgehead atoms. The first-order valence-electron chi connectivity index (χ1n) is 5.01. The van der Waals surface area contributed by atoms with Gasteiger partial charge in [-0.3, -0.25) is 4.79 Å². The van der Waals surface area contributed by atoms with Crippen LogP contribution in [0, 0.1) is 6.92 Å². The highest BCUT2D eigenvalue weighted by molar-refractivity contribution is 7.19. The van der Waals surface area contributed by atoms with E-state index in [0.717, 1.165) is 16.1 Å². The van der Waals surface area contributed by atoms with Crippen LogP contribution in [0.15, 0.2) is 24.3 Å². The summed E-state index contributed by atoms with van der Waals surface area (Å²) in [7, 11) is 0. The summed E-state index contributed by atoms with van der Waals surface area (Å²) in [6, 6.07) is 7.82. The van der Waals surface area contributed by atoms with Crippen LogP contribution in [-0.4, -0.2) is 16.1 Å². The van der Waals surface area contributed by atoms with Crippen molar-refractivity contribution in [3.8, 4) is 10.6 Å². The fourth-order valence-corrected chi connectivity index (χ4v) is 2.74. The highest BCUT2D eigenvalue weighted by atomic mass is 35.5. The molecule has 3 nitrogen and oxygen atoms in total. The van der Waals surface area contributed by atoms with E-state index in [9.17, 15) is 4.79 Å². The Kier molecular flexibility index (Phi) is 3.45. The van der Waals surface area contributed by atoms with Crippen LogP contribution in [0.3, 0.4) is 0 Å². The van der Waals surface area contributed by atoms with Crippen molar-refractivity contribution < 1.29 is 9.90 Å². The van der Waals surface area contributed by atoms with Gasteiger partial charge in [0.1, 0.15) is 9.34 Å². The maximum atomic E-state index is 10.6. The quantitative estimate of drug-likeness (QED) is 0.927. The molecule has 0 atom stereocenters. The standard InChI is InChI=1S/C12H10ClNO2S/c1-7-4-2-3-5-8(7)12-14-9(6-10(15)16)11(13)17-12/h2-5H,6H2,1H3,(H,15,16). The molecule has 0 saturated carbocycles. The summed E-state index contributed by atoms with van der Waals surface area (Å²) in [5, 5.41) is 9.50. The lowest BCUT2D eigenvalue weighted by Gasteiger charge is -1.99. The first-order chi connectivity index (χ1) is 8.08. The predicted octanol–water partition coefficient (Wildman–Crippen LogP) is 3.40. The van der Waals surface area contributed by atoms with Crippen LogP contribution in [0.1, 0.15) is 11.3 Å². The predicted molar refractivity (Wildman–Crippen MR) is 68.6 cm³/mol. The van der Waals surface area contributed by atoms with Crippen molar-refractivity contribution in [3.63, 3.8) is 0 Å². The second-order valence-corrected chi connectivity index (χ2v) is 5.23. The molecule has 0 unspecified atom stereocenters. The van der Waals surface area contributed by atoms with Crippen LogP contribution in [0.2, 0.25) is 4.34 Å². The number of thiazole rings is 1. The summed E-state index contributed by atoms with van der Waals surface area (Å²) < 4.78 is 0.450. The van der Waals surface area contributed by atoms with Gasteiger partial charge in [0, 0.05) is 5.56 Å². The minimum absolute atomic E-state index is 0.138. The molecule has 88 valence electrons. The van der Waals surface area contributed by atoms with Crippen LogP contribution >= 0.6 is 22.9 Å². The molecule has 2 rings (SSSR count). The van der Waals surface area contributed by atoms with Crippen molar-refractivity contribution in [3.05, 3.63) is 39.9 Å². The molecule has 0 amide bonds. The van der Waals surface area contributed by atoms with E-state index in [4.69, 9.17) is 16.7 Å². The van der Waals surface area contributed by atoms with E-state index < -0.39 is 5.97 Å². The van der Waals surface area contributed by atoms with Crippen LogP contribution in [0.4, 0.5) is 0 Å². The van der Waals surface area contributed by atoms with E-state index in [1.807, 2.05) is 31.2 Å². The summed E-state index contributed by atoms with van der Waals surface area (Å²) in [6.07, 6.45) is -0.138. The summed E-state index contributed by atoms with van der Waals surface area (Å²) in [5.74, 6) is -0.923. The van der Waals surface area contributed by atoms with Crippen LogP contribution in [0.5, 0.6) is 0 Å². The lowest BCUT2D eigenvalue weighted by Crippen LogP contribution is -2.00. The van der Waals surface area contributed by atoms with Gasteiger partial charge in [-0.2, -0.15) is 0 Å². The molecule has 17 heavy (non-hydrogen) atoms. The van der Waals surface area contributed by atoms with Crippen molar-refractivity contribution in [1.82, 2.24) is 4.98 Å². The summed E-state index contributed by atoms with van der Waals surface area (Å²) in [5.41, 5.74) is 2.53. The zero-order valence-corrected chi connectivity index (χ0v) is 10.7. The van der Waals surface area contributed by atoms with Crippen molar-refractivity contribution in [2.24, 2.45) is 0 Å². The molecule has 1 aromatic carbocycles. The minimum Gasteiger partial charge on any atom is -0.481 e. The number of hydrogen-bond donors (Lipinski definition) is 1. The number of halogens is 1. The normalized spacial score (nSPS) is 10.5. The van der Waals surface area contributed by atoms with E-state index in [0.29, 0.717) is 10.0 Å². The third-order valence-corrected chi connectivity index (χ3v) is 3.71. The SMILES string of the molecule is Cc1ccccc1-c1nc(CC(=O)O)c(Cl)s1. The Morgan fingerprint density at radius 2 is 2.18 bits per heavy atom. The Bertz CT molecular complexity index is 565. The summed E-state index contributed by atoms with van der Waals surface area (Å²) in [6.45, 7) is 1.99. The summed E-state index contributed by atoms with van der Waals surface area (Å²) >= 11 is 7.30. The smallest absolute Gasteiger partial charge is 0.309 e. The van der Waals surface area contributed by atoms with Crippen molar-refractivity contribution in [2.75, 3.05) is 0 Å². The zero-order chi connectivity index (χ0) is 12.4. The molecule has 0 aliphatic heterocycles. The summed E-state index contributed by atoms with van der Waals surface area (Å²) in [4.78, 5) is 14.9. The van der Waals surface area contributed by atoms with Gasteiger partial charge in [-0.05, 0) is 12.5 Å². The number of rotatable bonds is 3. The topological polar surface area (TPSA) is 50.2 Å². The number of carboxylic acid groups (broad SMARTS) is 1. The number of nitrogens with zero attached hydrogens (tertiary/aromatic N) is 1. The number of aromatic nitrogens is 1. The van der Waals surface area contributed by atoms with Gasteiger partial charge in [-0.1, -0.05) is 35.9 Å². The monoisotopic (exact) mass is 267 g/mol. The molecule has 1 aromatic heterocycles. The van der Waals surface area contributed by atoms with Crippen molar-refractivity contribution >= 4 is 28.9 Å². The number of benzene rings is 1. The van der Waals surface area contributed by atoms with Crippen molar-refractivity contribution in [2.45, 2.75) is 13.3 Å². The number of aryl methyl sites for hydroxylation is 1. The molecule has 0 fully saturated rings. The van der Waals surface area contributed by atoms with E-state index in [1.54, 1.807) is 0 Å². The highest BCUT2D eigenvalue weighted by Crippen LogP contribution is 2.33. The number of aliphatic carboxylic acids is 1. The first-order valence-corrected chi connectivity index (χ1v) is 6.20.